The van der Waals surface area contributed by atoms with Crippen LogP contribution in [0.5, 0.6) is 5.75 Å². The molecular formula is C10H9N3O3. The number of hydrogen-bond donors (Lipinski definition) is 0. The van der Waals surface area contributed by atoms with Gasteiger partial charge < -0.3 is 4.74 Å². The Morgan fingerprint density at radius 2 is 2.06 bits per heavy atom. The lowest BCUT2D eigenvalue weighted by atomic mass is 10.3. The van der Waals surface area contributed by atoms with E-state index >= 15 is 0 Å². The summed E-state index contributed by atoms with van der Waals surface area (Å²) >= 11 is 0. The van der Waals surface area contributed by atoms with Crippen LogP contribution in [0.4, 0.5) is 0 Å². The monoisotopic (exact) mass is 219 g/mol. The van der Waals surface area contributed by atoms with Crippen molar-refractivity contribution in [3.05, 3.63) is 18.2 Å². The molecule has 6 nitrogen and oxygen atoms in total. The van der Waals surface area contributed by atoms with Crippen LogP contribution in [0.3, 0.4) is 0 Å². The van der Waals surface area contributed by atoms with Gasteiger partial charge in [-0.25, -0.2) is 0 Å². The fourth-order valence-corrected chi connectivity index (χ4v) is 1.37. The molecule has 0 amide bonds. The Bertz CT molecular complexity index is 574. The number of ether oxygens (including phenoxy) is 1. The molecular weight excluding hydrogens is 210 g/mol. The van der Waals surface area contributed by atoms with E-state index in [2.05, 4.69) is 10.3 Å². The van der Waals surface area contributed by atoms with Crippen molar-refractivity contribution in [2.24, 2.45) is 0 Å². The van der Waals surface area contributed by atoms with Crippen molar-refractivity contribution in [3.8, 4) is 5.75 Å². The highest BCUT2D eigenvalue weighted by molar-refractivity contribution is 5.88. The van der Waals surface area contributed by atoms with Crippen LogP contribution in [-0.2, 0) is 4.79 Å². The predicted molar refractivity (Wildman–Crippen MR) is 55.1 cm³/mol. The van der Waals surface area contributed by atoms with Crippen LogP contribution in [0.25, 0.3) is 11.0 Å². The van der Waals surface area contributed by atoms with Crippen molar-refractivity contribution < 1.29 is 14.3 Å². The summed E-state index contributed by atoms with van der Waals surface area (Å²) in [7, 11) is 0. The normalized spacial score (nSPS) is 10.4. The zero-order chi connectivity index (χ0) is 11.7. The second kappa shape index (κ2) is 3.73. The van der Waals surface area contributed by atoms with E-state index in [1.165, 1.54) is 18.5 Å². The Kier molecular flexibility index (Phi) is 2.40. The molecule has 0 fully saturated rings. The van der Waals surface area contributed by atoms with Crippen LogP contribution in [0.2, 0.25) is 0 Å². The van der Waals surface area contributed by atoms with Gasteiger partial charge in [0.25, 0.3) is 0 Å². The SMILES string of the molecule is CC(=O)Oc1ccc2c(c1)nnn2C(C)=O. The third-order valence-corrected chi connectivity index (χ3v) is 1.98. The molecule has 0 saturated carbocycles. The standard InChI is InChI=1S/C10H9N3O3/c1-6(14)13-10-4-3-8(16-7(2)15)5-9(10)11-12-13/h3-5H,1-2H3. The van der Waals surface area contributed by atoms with Gasteiger partial charge >= 0.3 is 5.97 Å². The fourth-order valence-electron chi connectivity index (χ4n) is 1.37. The van der Waals surface area contributed by atoms with Gasteiger partial charge in [0.15, 0.2) is 0 Å². The van der Waals surface area contributed by atoms with Crippen LogP contribution in [0.15, 0.2) is 18.2 Å². The van der Waals surface area contributed by atoms with Crippen molar-refractivity contribution in [2.75, 3.05) is 0 Å². The largest absolute Gasteiger partial charge is 0.427 e. The minimum atomic E-state index is -0.404. The zero-order valence-electron chi connectivity index (χ0n) is 8.80. The average molecular weight is 219 g/mol. The fraction of sp³-hybridized carbons (Fsp3) is 0.200. The lowest BCUT2D eigenvalue weighted by Gasteiger charge is -2.00. The van der Waals surface area contributed by atoms with E-state index < -0.39 is 5.97 Å². The number of fused-ring (bicyclic) bond motifs is 1. The number of carbonyl (C=O) groups excluding carboxylic acids is 2. The van der Waals surface area contributed by atoms with Crippen LogP contribution in [0, 0.1) is 0 Å². The maximum atomic E-state index is 11.2. The van der Waals surface area contributed by atoms with Crippen LogP contribution in [-0.4, -0.2) is 26.9 Å². The van der Waals surface area contributed by atoms with Crippen molar-refractivity contribution in [1.29, 1.82) is 0 Å². The summed E-state index contributed by atoms with van der Waals surface area (Å²) in [6.07, 6.45) is 0. The molecule has 1 heterocycles. The Balaban J connectivity index is 2.49. The van der Waals surface area contributed by atoms with E-state index in [1.54, 1.807) is 18.2 Å². The molecule has 0 aliphatic carbocycles. The lowest BCUT2D eigenvalue weighted by molar-refractivity contribution is -0.131. The number of carbonyl (C=O) groups is 2. The Morgan fingerprint density at radius 1 is 1.31 bits per heavy atom. The van der Waals surface area contributed by atoms with Gasteiger partial charge in [-0.3, -0.25) is 9.59 Å². The quantitative estimate of drug-likeness (QED) is 0.528. The van der Waals surface area contributed by atoms with Gasteiger partial charge in [-0.2, -0.15) is 4.68 Å². The highest BCUT2D eigenvalue weighted by atomic mass is 16.5. The number of esters is 1. The summed E-state index contributed by atoms with van der Waals surface area (Å²) in [5.74, 6) is -0.239. The summed E-state index contributed by atoms with van der Waals surface area (Å²) in [6, 6.07) is 4.78. The van der Waals surface area contributed by atoms with E-state index in [0.29, 0.717) is 16.8 Å². The first-order valence-electron chi connectivity index (χ1n) is 4.63. The molecule has 0 unspecified atom stereocenters. The molecule has 2 aromatic rings. The molecule has 82 valence electrons. The summed E-state index contributed by atoms with van der Waals surface area (Å²) in [4.78, 5) is 21.9. The molecule has 0 spiro atoms. The van der Waals surface area contributed by atoms with E-state index in [4.69, 9.17) is 4.74 Å². The number of benzene rings is 1. The topological polar surface area (TPSA) is 74.1 Å². The predicted octanol–water partition coefficient (Wildman–Crippen LogP) is 1.02. The molecule has 1 aromatic heterocycles. The molecule has 0 bridgehead atoms. The van der Waals surface area contributed by atoms with Crippen LogP contribution in [0.1, 0.15) is 18.6 Å². The maximum Gasteiger partial charge on any atom is 0.308 e. The van der Waals surface area contributed by atoms with Gasteiger partial charge in [0.1, 0.15) is 11.3 Å². The molecule has 2 rings (SSSR count). The first kappa shape index (κ1) is 10.3. The molecule has 6 heteroatoms. The Morgan fingerprint density at radius 3 is 2.69 bits per heavy atom. The van der Waals surface area contributed by atoms with E-state index in [0.717, 1.165) is 0 Å². The van der Waals surface area contributed by atoms with Gasteiger partial charge in [0.05, 0.1) is 5.52 Å². The second-order valence-corrected chi connectivity index (χ2v) is 3.26. The van der Waals surface area contributed by atoms with Crippen LogP contribution >= 0.6 is 0 Å². The molecule has 16 heavy (non-hydrogen) atoms. The summed E-state index contributed by atoms with van der Waals surface area (Å²) in [6.45, 7) is 2.71. The van der Waals surface area contributed by atoms with Gasteiger partial charge in [-0.15, -0.1) is 5.10 Å². The highest BCUT2D eigenvalue weighted by Crippen LogP contribution is 2.18. The smallest absolute Gasteiger partial charge is 0.308 e. The van der Waals surface area contributed by atoms with Gasteiger partial charge in [0.2, 0.25) is 5.91 Å². The summed E-state index contributed by atoms with van der Waals surface area (Å²) in [5, 5.41) is 7.50. The van der Waals surface area contributed by atoms with E-state index in [9.17, 15) is 9.59 Å². The molecule has 0 radical (unpaired) electrons. The van der Waals surface area contributed by atoms with Crippen molar-refractivity contribution in [2.45, 2.75) is 13.8 Å². The Labute approximate surface area is 90.8 Å². The first-order valence-corrected chi connectivity index (χ1v) is 4.63. The highest BCUT2D eigenvalue weighted by Gasteiger charge is 2.09. The number of rotatable bonds is 1. The molecule has 0 aliphatic heterocycles. The van der Waals surface area contributed by atoms with Gasteiger partial charge in [-0.05, 0) is 12.1 Å². The minimum absolute atomic E-state index is 0.220. The second-order valence-electron chi connectivity index (χ2n) is 3.26. The van der Waals surface area contributed by atoms with Crippen molar-refractivity contribution >= 4 is 22.9 Å². The third kappa shape index (κ3) is 1.77. The van der Waals surface area contributed by atoms with Crippen molar-refractivity contribution in [1.82, 2.24) is 15.0 Å². The van der Waals surface area contributed by atoms with Gasteiger partial charge in [-0.1, -0.05) is 5.21 Å². The summed E-state index contributed by atoms with van der Waals surface area (Å²) < 4.78 is 6.08. The lowest BCUT2D eigenvalue weighted by Crippen LogP contribution is -2.07. The molecule has 0 N–H and O–H groups in total. The molecule has 1 aromatic carbocycles. The maximum absolute atomic E-state index is 11.2. The van der Waals surface area contributed by atoms with E-state index in [-0.39, 0.29) is 5.91 Å². The zero-order valence-corrected chi connectivity index (χ0v) is 8.80. The number of hydrogen-bond acceptors (Lipinski definition) is 5. The first-order chi connectivity index (χ1) is 7.58. The molecule has 0 atom stereocenters. The Hall–Kier alpha value is -2.24. The number of nitrogens with zero attached hydrogens (tertiary/aromatic N) is 3. The molecule has 0 saturated heterocycles. The van der Waals surface area contributed by atoms with Crippen LogP contribution < -0.4 is 4.74 Å². The van der Waals surface area contributed by atoms with E-state index in [1.807, 2.05) is 0 Å². The number of aromatic nitrogens is 3. The van der Waals surface area contributed by atoms with Crippen molar-refractivity contribution in [3.63, 3.8) is 0 Å². The average Bonchev–Trinajstić information content (AvgIpc) is 2.59. The third-order valence-electron chi connectivity index (χ3n) is 1.98. The molecule has 0 aliphatic rings. The minimum Gasteiger partial charge on any atom is -0.427 e. The summed E-state index contributed by atoms with van der Waals surface area (Å²) in [5.41, 5.74) is 1.09. The van der Waals surface area contributed by atoms with Gasteiger partial charge in [0, 0.05) is 19.9 Å².